The van der Waals surface area contributed by atoms with Crippen LogP contribution in [0.2, 0.25) is 0 Å². The van der Waals surface area contributed by atoms with Gasteiger partial charge in [0.15, 0.2) is 5.60 Å². The van der Waals surface area contributed by atoms with Crippen molar-refractivity contribution >= 4 is 17.3 Å². The molecule has 2 aromatic carbocycles. The molecule has 4 rings (SSSR count). The summed E-state index contributed by atoms with van der Waals surface area (Å²) in [5.41, 5.74) is 8.97. The molecule has 3 N–H and O–H groups in total. The van der Waals surface area contributed by atoms with Crippen LogP contribution in [-0.2, 0) is 15.1 Å². The number of ether oxygens (including phenoxy) is 2. The first-order chi connectivity index (χ1) is 13.5. The molecule has 3 aromatic rings. The van der Waals surface area contributed by atoms with E-state index in [-0.39, 0.29) is 0 Å². The monoisotopic (exact) mass is 395 g/mol. The van der Waals surface area contributed by atoms with E-state index >= 15 is 0 Å². The second-order valence-corrected chi connectivity index (χ2v) is 7.75. The summed E-state index contributed by atoms with van der Waals surface area (Å²) in [5, 5.41) is 11.4. The van der Waals surface area contributed by atoms with Gasteiger partial charge in [-0.3, -0.25) is 4.79 Å². The normalized spacial score (nSPS) is 19.5. The lowest BCUT2D eigenvalue weighted by atomic mass is 9.88. The van der Waals surface area contributed by atoms with Gasteiger partial charge in [-0.15, -0.1) is 11.3 Å². The van der Waals surface area contributed by atoms with Crippen molar-refractivity contribution in [3.63, 3.8) is 0 Å². The Hall–Kier alpha value is -2.67. The molecule has 1 unspecified atom stereocenters. The Bertz CT molecular complexity index is 1020. The number of carbonyl (C=O) groups is 1. The van der Waals surface area contributed by atoms with Gasteiger partial charge in [0.25, 0.3) is 0 Å². The molecular weight excluding hydrogens is 374 g/mol. The lowest BCUT2D eigenvalue weighted by Gasteiger charge is -2.35. The summed E-state index contributed by atoms with van der Waals surface area (Å²) >= 11 is 1.57. The smallest absolute Gasteiger partial charge is 0.323 e. The number of benzene rings is 2. The number of hydrogen-bond donors (Lipinski definition) is 2. The van der Waals surface area contributed by atoms with E-state index in [2.05, 4.69) is 6.07 Å². The first-order valence-electron chi connectivity index (χ1n) is 8.97. The third-order valence-corrected chi connectivity index (χ3v) is 6.19. The molecule has 1 aliphatic carbocycles. The standard InChI is InChI=1S/C22H21NO4S/c1-13(20(23)21(24)25)27-22(19-8-5-11-28-19)17-7-4-3-6-15(17)16-10-9-14(26-2)12-18(16)22/h3-13,20H,23H2,1-2H3,(H,24,25)/t13-,20+,22?/m1/s1. The lowest BCUT2D eigenvalue weighted by Crippen LogP contribution is -2.46. The van der Waals surface area contributed by atoms with Crippen molar-refractivity contribution in [1.29, 1.82) is 0 Å². The molecule has 6 heteroatoms. The van der Waals surface area contributed by atoms with E-state index in [4.69, 9.17) is 15.2 Å². The zero-order valence-electron chi connectivity index (χ0n) is 15.6. The topological polar surface area (TPSA) is 81.8 Å². The van der Waals surface area contributed by atoms with Crippen LogP contribution in [0.15, 0.2) is 60.0 Å². The summed E-state index contributed by atoms with van der Waals surface area (Å²) in [7, 11) is 1.63. The van der Waals surface area contributed by atoms with Crippen LogP contribution in [0.3, 0.4) is 0 Å². The molecule has 1 aliphatic rings. The number of thiophene rings is 1. The highest BCUT2D eigenvalue weighted by Crippen LogP contribution is 2.55. The van der Waals surface area contributed by atoms with Gasteiger partial charge in [-0.25, -0.2) is 0 Å². The Kier molecular flexibility index (Phi) is 4.71. The fourth-order valence-corrected chi connectivity index (χ4v) is 4.72. The quantitative estimate of drug-likeness (QED) is 0.663. The molecule has 144 valence electrons. The SMILES string of the molecule is COc1ccc2c(c1)C(O[C@H](C)[C@H](N)C(=O)O)(c1cccs1)c1ccccc1-2. The molecule has 0 fully saturated rings. The third kappa shape index (κ3) is 2.73. The van der Waals surface area contributed by atoms with Crippen molar-refractivity contribution in [3.8, 4) is 16.9 Å². The van der Waals surface area contributed by atoms with E-state index in [0.29, 0.717) is 5.75 Å². The Labute approximate surface area is 167 Å². The molecule has 1 aromatic heterocycles. The molecular formula is C22H21NO4S. The van der Waals surface area contributed by atoms with Gasteiger partial charge in [-0.1, -0.05) is 36.4 Å². The molecule has 1 heterocycles. The van der Waals surface area contributed by atoms with Crippen molar-refractivity contribution in [1.82, 2.24) is 0 Å². The number of rotatable bonds is 6. The lowest BCUT2D eigenvalue weighted by molar-refractivity contribution is -0.144. The Morgan fingerprint density at radius 3 is 2.54 bits per heavy atom. The van der Waals surface area contributed by atoms with Gasteiger partial charge in [0.1, 0.15) is 11.8 Å². The summed E-state index contributed by atoms with van der Waals surface area (Å²) in [5.74, 6) is -0.378. The maximum absolute atomic E-state index is 11.5. The van der Waals surface area contributed by atoms with E-state index in [9.17, 15) is 9.90 Å². The van der Waals surface area contributed by atoms with Crippen LogP contribution in [0, 0.1) is 0 Å². The number of methoxy groups -OCH3 is 1. The van der Waals surface area contributed by atoms with Crippen LogP contribution in [0.5, 0.6) is 5.75 Å². The maximum atomic E-state index is 11.5. The van der Waals surface area contributed by atoms with E-state index in [0.717, 1.165) is 27.1 Å². The summed E-state index contributed by atoms with van der Waals surface area (Å²) in [6.45, 7) is 1.70. The van der Waals surface area contributed by atoms with Gasteiger partial charge in [-0.05, 0) is 41.6 Å². The molecule has 5 nitrogen and oxygen atoms in total. The molecule has 0 radical (unpaired) electrons. The van der Waals surface area contributed by atoms with E-state index < -0.39 is 23.7 Å². The molecule has 0 saturated heterocycles. The zero-order valence-corrected chi connectivity index (χ0v) is 16.4. The van der Waals surface area contributed by atoms with Crippen molar-refractivity contribution in [3.05, 3.63) is 76.0 Å². The summed E-state index contributed by atoms with van der Waals surface area (Å²) in [4.78, 5) is 12.4. The molecule has 0 aliphatic heterocycles. The maximum Gasteiger partial charge on any atom is 0.323 e. The molecule has 0 saturated carbocycles. The van der Waals surface area contributed by atoms with Crippen LogP contribution >= 0.6 is 11.3 Å². The van der Waals surface area contributed by atoms with Crippen LogP contribution < -0.4 is 10.5 Å². The molecule has 3 atom stereocenters. The van der Waals surface area contributed by atoms with Crippen LogP contribution in [0.1, 0.15) is 22.9 Å². The first kappa shape index (κ1) is 18.7. The second-order valence-electron chi connectivity index (χ2n) is 6.80. The van der Waals surface area contributed by atoms with Gasteiger partial charge >= 0.3 is 5.97 Å². The molecule has 0 spiro atoms. The highest BCUT2D eigenvalue weighted by molar-refractivity contribution is 7.10. The second kappa shape index (κ2) is 7.05. The van der Waals surface area contributed by atoms with Gasteiger partial charge in [0.05, 0.1) is 13.2 Å². The predicted molar refractivity (Wildman–Crippen MR) is 109 cm³/mol. The van der Waals surface area contributed by atoms with Crippen molar-refractivity contribution < 1.29 is 19.4 Å². The van der Waals surface area contributed by atoms with Gasteiger partial charge in [0.2, 0.25) is 0 Å². The number of carboxylic acids is 1. The van der Waals surface area contributed by atoms with Crippen LogP contribution in [0.25, 0.3) is 11.1 Å². The third-order valence-electron chi connectivity index (χ3n) is 5.22. The molecule has 28 heavy (non-hydrogen) atoms. The molecule has 0 amide bonds. The van der Waals surface area contributed by atoms with E-state index in [1.54, 1.807) is 25.4 Å². The van der Waals surface area contributed by atoms with Gasteiger partial charge < -0.3 is 20.3 Å². The van der Waals surface area contributed by atoms with E-state index in [1.807, 2.05) is 53.9 Å². The van der Waals surface area contributed by atoms with E-state index in [1.165, 1.54) is 0 Å². The van der Waals surface area contributed by atoms with Gasteiger partial charge in [-0.2, -0.15) is 0 Å². The van der Waals surface area contributed by atoms with Crippen molar-refractivity contribution in [2.24, 2.45) is 5.73 Å². The summed E-state index contributed by atoms with van der Waals surface area (Å²) in [6.07, 6.45) is -0.718. The summed E-state index contributed by atoms with van der Waals surface area (Å²) in [6, 6.07) is 16.8. The van der Waals surface area contributed by atoms with Crippen molar-refractivity contribution in [2.45, 2.75) is 24.7 Å². The predicted octanol–water partition coefficient (Wildman–Crippen LogP) is 3.85. The minimum absolute atomic E-state index is 0.714. The Morgan fingerprint density at radius 1 is 1.11 bits per heavy atom. The zero-order chi connectivity index (χ0) is 19.9. The number of fused-ring (bicyclic) bond motifs is 3. The van der Waals surface area contributed by atoms with Crippen LogP contribution in [-0.4, -0.2) is 30.3 Å². The largest absolute Gasteiger partial charge is 0.497 e. The summed E-state index contributed by atoms with van der Waals surface area (Å²) < 4.78 is 12.0. The minimum Gasteiger partial charge on any atom is -0.497 e. The average molecular weight is 395 g/mol. The Balaban J connectivity index is 1.99. The molecule has 0 bridgehead atoms. The number of nitrogens with two attached hydrogens (primary N) is 1. The fourth-order valence-electron chi connectivity index (χ4n) is 3.83. The average Bonchev–Trinajstić information content (AvgIpc) is 3.33. The number of carboxylic acid groups (broad SMARTS) is 1. The number of aliphatic carboxylic acids is 1. The first-order valence-corrected chi connectivity index (χ1v) is 9.85. The van der Waals surface area contributed by atoms with Crippen LogP contribution in [0.4, 0.5) is 0 Å². The highest BCUT2D eigenvalue weighted by Gasteiger charge is 2.48. The van der Waals surface area contributed by atoms with Crippen molar-refractivity contribution in [2.75, 3.05) is 7.11 Å². The number of hydrogen-bond acceptors (Lipinski definition) is 5. The van der Waals surface area contributed by atoms with Gasteiger partial charge in [0, 0.05) is 16.0 Å². The minimum atomic E-state index is -1.14. The highest BCUT2D eigenvalue weighted by atomic mass is 32.1. The fraction of sp³-hybridized carbons (Fsp3) is 0.227. The Morgan fingerprint density at radius 2 is 1.86 bits per heavy atom.